The van der Waals surface area contributed by atoms with Crippen LogP contribution in [0.4, 0.5) is 5.69 Å². The summed E-state index contributed by atoms with van der Waals surface area (Å²) in [5.41, 5.74) is 0.785. The molecule has 0 radical (unpaired) electrons. The summed E-state index contributed by atoms with van der Waals surface area (Å²) in [6.07, 6.45) is 0.498. The lowest BCUT2D eigenvalue weighted by molar-refractivity contribution is -0.132. The monoisotopic (exact) mass is 427 g/mol. The second-order valence-electron chi connectivity index (χ2n) is 6.37. The van der Waals surface area contributed by atoms with E-state index in [0.717, 1.165) is 36.3 Å². The van der Waals surface area contributed by atoms with Crippen molar-refractivity contribution in [2.24, 2.45) is 0 Å². The molecule has 138 valence electrons. The molecule has 0 bridgehead atoms. The summed E-state index contributed by atoms with van der Waals surface area (Å²) in [6, 6.07) is 8.03. The van der Waals surface area contributed by atoms with Crippen LogP contribution < -0.4 is 5.32 Å². The molecule has 0 aliphatic carbocycles. The number of anilines is 1. The first-order chi connectivity index (χ1) is 12.0. The van der Waals surface area contributed by atoms with Crippen molar-refractivity contribution in [3.05, 3.63) is 28.7 Å². The Hall–Kier alpha value is -1.05. The van der Waals surface area contributed by atoms with E-state index < -0.39 is 0 Å². The lowest BCUT2D eigenvalue weighted by atomic mass is 10.2. The highest BCUT2D eigenvalue weighted by Crippen LogP contribution is 2.15. The summed E-state index contributed by atoms with van der Waals surface area (Å²) in [6.45, 7) is 7.90. The van der Waals surface area contributed by atoms with Crippen LogP contribution in [0.15, 0.2) is 28.7 Å². The van der Waals surface area contributed by atoms with E-state index in [1.807, 2.05) is 29.2 Å². The van der Waals surface area contributed by atoms with E-state index >= 15 is 0 Å². The van der Waals surface area contributed by atoms with Crippen molar-refractivity contribution in [1.29, 1.82) is 0 Å². The molecule has 1 aromatic rings. The molecule has 0 unspecified atom stereocenters. The molecular weight excluding hydrogens is 402 g/mol. The van der Waals surface area contributed by atoms with Gasteiger partial charge in [-0.1, -0.05) is 15.9 Å². The zero-order chi connectivity index (χ0) is 18.2. The Morgan fingerprint density at radius 1 is 1.16 bits per heavy atom. The first kappa shape index (κ1) is 20.3. The molecule has 1 aliphatic rings. The third-order valence-corrected chi connectivity index (χ3v) is 5.71. The van der Waals surface area contributed by atoms with Crippen molar-refractivity contribution < 1.29 is 9.59 Å². The van der Waals surface area contributed by atoms with E-state index in [1.54, 1.807) is 0 Å². The molecule has 1 saturated heterocycles. The number of amides is 2. The standard InChI is InChI=1S/C18H26BrN3O2S/c1-14(2)21-8-10-22(11-9-21)18(24)7-12-25-13-17(23)20-16-5-3-15(19)4-6-16/h3-6,14H,7-13H2,1-2H3,(H,20,23). The molecular formula is C18H26BrN3O2S. The number of rotatable bonds is 7. The van der Waals surface area contributed by atoms with Gasteiger partial charge in [-0.2, -0.15) is 11.8 Å². The maximum atomic E-state index is 12.2. The van der Waals surface area contributed by atoms with Crippen LogP contribution in [0.5, 0.6) is 0 Å². The summed E-state index contributed by atoms with van der Waals surface area (Å²) >= 11 is 4.87. The predicted molar refractivity (Wildman–Crippen MR) is 108 cm³/mol. The van der Waals surface area contributed by atoms with Gasteiger partial charge in [-0.05, 0) is 38.1 Å². The fourth-order valence-electron chi connectivity index (χ4n) is 2.70. The van der Waals surface area contributed by atoms with Gasteiger partial charge in [0.1, 0.15) is 0 Å². The molecule has 1 aliphatic heterocycles. The number of piperazine rings is 1. The average Bonchev–Trinajstić information content (AvgIpc) is 2.60. The molecule has 1 N–H and O–H groups in total. The highest BCUT2D eigenvalue weighted by atomic mass is 79.9. The van der Waals surface area contributed by atoms with Crippen LogP contribution in [-0.2, 0) is 9.59 Å². The number of thioether (sulfide) groups is 1. The van der Waals surface area contributed by atoms with Gasteiger partial charge in [-0.15, -0.1) is 0 Å². The van der Waals surface area contributed by atoms with Gasteiger partial charge >= 0.3 is 0 Å². The molecule has 1 heterocycles. The third-order valence-electron chi connectivity index (χ3n) is 4.22. The fourth-order valence-corrected chi connectivity index (χ4v) is 3.69. The number of nitrogens with zero attached hydrogens (tertiary/aromatic N) is 2. The molecule has 0 saturated carbocycles. The minimum absolute atomic E-state index is 0.0367. The Morgan fingerprint density at radius 2 is 1.80 bits per heavy atom. The second-order valence-corrected chi connectivity index (χ2v) is 8.39. The van der Waals surface area contributed by atoms with Gasteiger partial charge in [0.15, 0.2) is 0 Å². The highest BCUT2D eigenvalue weighted by molar-refractivity contribution is 9.10. The molecule has 2 rings (SSSR count). The summed E-state index contributed by atoms with van der Waals surface area (Å²) in [7, 11) is 0. The van der Waals surface area contributed by atoms with Gasteiger partial charge in [0.25, 0.3) is 0 Å². The van der Waals surface area contributed by atoms with Crippen LogP contribution in [0, 0.1) is 0 Å². The van der Waals surface area contributed by atoms with Gasteiger partial charge in [0.05, 0.1) is 5.75 Å². The normalized spacial score (nSPS) is 15.4. The van der Waals surface area contributed by atoms with Crippen molar-refractivity contribution in [2.45, 2.75) is 26.3 Å². The first-order valence-corrected chi connectivity index (χ1v) is 10.6. The van der Waals surface area contributed by atoms with Gasteiger partial charge < -0.3 is 10.2 Å². The molecule has 25 heavy (non-hydrogen) atoms. The van der Waals surface area contributed by atoms with Crippen molar-refractivity contribution in [3.8, 4) is 0 Å². The van der Waals surface area contributed by atoms with E-state index in [1.165, 1.54) is 11.8 Å². The largest absolute Gasteiger partial charge is 0.340 e. The van der Waals surface area contributed by atoms with Crippen molar-refractivity contribution in [2.75, 3.05) is 43.0 Å². The zero-order valence-corrected chi connectivity index (χ0v) is 17.2. The molecule has 7 heteroatoms. The molecule has 1 aromatic carbocycles. The van der Waals surface area contributed by atoms with Crippen LogP contribution in [0.1, 0.15) is 20.3 Å². The van der Waals surface area contributed by atoms with E-state index in [9.17, 15) is 9.59 Å². The Morgan fingerprint density at radius 3 is 2.40 bits per heavy atom. The number of halogens is 1. The van der Waals surface area contributed by atoms with Crippen LogP contribution in [0.3, 0.4) is 0 Å². The van der Waals surface area contributed by atoms with E-state index in [4.69, 9.17) is 0 Å². The topological polar surface area (TPSA) is 52.7 Å². The van der Waals surface area contributed by atoms with Crippen molar-refractivity contribution >= 4 is 45.2 Å². The fraction of sp³-hybridized carbons (Fsp3) is 0.556. The number of hydrogen-bond donors (Lipinski definition) is 1. The molecule has 2 amide bonds. The Balaban J connectivity index is 1.60. The van der Waals surface area contributed by atoms with Gasteiger partial charge in [0.2, 0.25) is 11.8 Å². The summed E-state index contributed by atoms with van der Waals surface area (Å²) in [4.78, 5) is 28.5. The lowest BCUT2D eigenvalue weighted by Crippen LogP contribution is -2.50. The highest BCUT2D eigenvalue weighted by Gasteiger charge is 2.21. The van der Waals surface area contributed by atoms with E-state index in [2.05, 4.69) is 40.0 Å². The maximum Gasteiger partial charge on any atom is 0.234 e. The SMILES string of the molecule is CC(C)N1CCN(C(=O)CCSCC(=O)Nc2ccc(Br)cc2)CC1. The smallest absolute Gasteiger partial charge is 0.234 e. The van der Waals surface area contributed by atoms with Crippen LogP contribution in [0.2, 0.25) is 0 Å². The summed E-state index contributed by atoms with van der Waals surface area (Å²) in [5, 5.41) is 2.85. The van der Waals surface area contributed by atoms with E-state index in [-0.39, 0.29) is 11.8 Å². The number of carbonyl (C=O) groups excluding carboxylic acids is 2. The number of hydrogen-bond acceptors (Lipinski definition) is 4. The number of carbonyl (C=O) groups is 2. The first-order valence-electron chi connectivity index (χ1n) is 8.60. The summed E-state index contributed by atoms with van der Waals surface area (Å²) < 4.78 is 0.979. The van der Waals surface area contributed by atoms with Gasteiger partial charge in [-0.3, -0.25) is 14.5 Å². The van der Waals surface area contributed by atoms with Gasteiger partial charge in [-0.25, -0.2) is 0 Å². The minimum atomic E-state index is -0.0367. The Kier molecular flexibility index (Phi) is 8.26. The maximum absolute atomic E-state index is 12.2. The molecule has 1 fully saturated rings. The van der Waals surface area contributed by atoms with Crippen molar-refractivity contribution in [1.82, 2.24) is 9.80 Å². The molecule has 0 aromatic heterocycles. The Bertz CT molecular complexity index is 572. The number of nitrogens with one attached hydrogen (secondary N) is 1. The van der Waals surface area contributed by atoms with Crippen LogP contribution in [0.25, 0.3) is 0 Å². The zero-order valence-electron chi connectivity index (χ0n) is 14.8. The van der Waals surface area contributed by atoms with Crippen LogP contribution >= 0.6 is 27.7 Å². The van der Waals surface area contributed by atoms with E-state index in [0.29, 0.717) is 24.0 Å². The van der Waals surface area contributed by atoms with Crippen molar-refractivity contribution in [3.63, 3.8) is 0 Å². The van der Waals surface area contributed by atoms with Crippen LogP contribution in [-0.4, -0.2) is 65.3 Å². The second kappa shape index (κ2) is 10.2. The molecule has 5 nitrogen and oxygen atoms in total. The van der Waals surface area contributed by atoms with Gasteiger partial charge in [0, 0.05) is 54.6 Å². The average molecular weight is 428 g/mol. The number of benzene rings is 1. The minimum Gasteiger partial charge on any atom is -0.340 e. The molecule has 0 spiro atoms. The summed E-state index contributed by atoms with van der Waals surface area (Å²) in [5.74, 6) is 1.20. The third kappa shape index (κ3) is 6.99. The molecule has 0 atom stereocenters. The Labute approximate surface area is 162 Å². The predicted octanol–water partition coefficient (Wildman–Crippen LogP) is 3.06. The lowest BCUT2D eigenvalue weighted by Gasteiger charge is -2.37. The quantitative estimate of drug-likeness (QED) is 0.679.